The fraction of sp³-hybridized carbons (Fsp3) is 0.250. The van der Waals surface area contributed by atoms with Crippen molar-refractivity contribution >= 4 is 29.1 Å². The first kappa shape index (κ1) is 20.0. The minimum atomic E-state index is -0.266. The third-order valence-corrected chi connectivity index (χ3v) is 3.61. The van der Waals surface area contributed by atoms with Gasteiger partial charge in [-0.3, -0.25) is 14.4 Å². The molecule has 0 aliphatic heterocycles. The van der Waals surface area contributed by atoms with Gasteiger partial charge in [0.05, 0.1) is 6.54 Å². The second kappa shape index (κ2) is 9.38. The second-order valence-electron chi connectivity index (χ2n) is 6.05. The Morgan fingerprint density at radius 3 is 2.00 bits per heavy atom. The molecule has 0 saturated heterocycles. The normalized spacial score (nSPS) is 10.0. The number of likely N-dealkylation sites (N-methyl/N-ethyl adjacent to an activating group) is 1. The molecule has 3 amide bonds. The number of hydrogen-bond donors (Lipinski definition) is 2. The number of hydrogen-bond acceptors (Lipinski definition) is 4. The van der Waals surface area contributed by atoms with Gasteiger partial charge in [0, 0.05) is 37.8 Å². The summed E-state index contributed by atoms with van der Waals surface area (Å²) in [4.78, 5) is 36.9. The topological polar surface area (TPSA) is 87.7 Å². The molecule has 0 unspecified atom stereocenters. The summed E-state index contributed by atoms with van der Waals surface area (Å²) in [6.07, 6.45) is 0. The van der Waals surface area contributed by atoms with Crippen LogP contribution in [-0.2, 0) is 9.59 Å². The Morgan fingerprint density at radius 2 is 1.48 bits per heavy atom. The number of ether oxygens (including phenoxy) is 1. The van der Waals surface area contributed by atoms with Crippen molar-refractivity contribution in [2.45, 2.75) is 13.8 Å². The first-order chi connectivity index (χ1) is 12.8. The van der Waals surface area contributed by atoms with Crippen molar-refractivity contribution in [1.82, 2.24) is 4.90 Å². The molecule has 0 bridgehead atoms. The SMILES string of the molecule is CC(=O)Nc1cc(NC(C)=O)cc(C(=O)N(C)CCOc2ccccc2)c1. The number of amides is 3. The van der Waals surface area contributed by atoms with Gasteiger partial charge in [-0.1, -0.05) is 18.2 Å². The van der Waals surface area contributed by atoms with Gasteiger partial charge in [0.2, 0.25) is 11.8 Å². The Kier molecular flexibility index (Phi) is 6.93. The molecule has 2 N–H and O–H groups in total. The van der Waals surface area contributed by atoms with E-state index in [-0.39, 0.29) is 17.7 Å². The minimum absolute atomic E-state index is 0.245. The predicted molar refractivity (Wildman–Crippen MR) is 104 cm³/mol. The summed E-state index contributed by atoms with van der Waals surface area (Å²) in [6.45, 7) is 3.48. The van der Waals surface area contributed by atoms with Gasteiger partial charge in [0.15, 0.2) is 0 Å². The zero-order valence-corrected chi connectivity index (χ0v) is 15.6. The van der Waals surface area contributed by atoms with Gasteiger partial charge in [-0.15, -0.1) is 0 Å². The Bertz CT molecular complexity index is 787. The third kappa shape index (κ3) is 6.47. The van der Waals surface area contributed by atoms with E-state index in [4.69, 9.17) is 4.74 Å². The molecule has 142 valence electrons. The number of nitrogens with zero attached hydrogens (tertiary/aromatic N) is 1. The van der Waals surface area contributed by atoms with Gasteiger partial charge in [-0.2, -0.15) is 0 Å². The van der Waals surface area contributed by atoms with Crippen LogP contribution in [0.3, 0.4) is 0 Å². The fourth-order valence-corrected chi connectivity index (χ4v) is 2.44. The summed E-state index contributed by atoms with van der Waals surface area (Å²) >= 11 is 0. The standard InChI is InChI=1S/C20H23N3O4/c1-14(24)21-17-11-16(12-18(13-17)22-15(2)25)20(26)23(3)9-10-27-19-7-5-4-6-8-19/h4-8,11-13H,9-10H2,1-3H3,(H,21,24)(H,22,25). The van der Waals surface area contributed by atoms with Gasteiger partial charge in [0.25, 0.3) is 5.91 Å². The maximum absolute atomic E-state index is 12.7. The van der Waals surface area contributed by atoms with E-state index in [0.29, 0.717) is 30.1 Å². The van der Waals surface area contributed by atoms with E-state index in [0.717, 1.165) is 5.75 Å². The van der Waals surface area contributed by atoms with Crippen molar-refractivity contribution in [3.05, 3.63) is 54.1 Å². The van der Waals surface area contributed by atoms with Crippen LogP contribution in [0.1, 0.15) is 24.2 Å². The van der Waals surface area contributed by atoms with Crippen molar-refractivity contribution in [3.63, 3.8) is 0 Å². The molecule has 2 aromatic carbocycles. The molecule has 27 heavy (non-hydrogen) atoms. The quantitative estimate of drug-likeness (QED) is 0.786. The maximum atomic E-state index is 12.7. The average Bonchev–Trinajstić information content (AvgIpc) is 2.60. The highest BCUT2D eigenvalue weighted by molar-refractivity contribution is 5.99. The molecule has 0 fully saturated rings. The number of nitrogens with one attached hydrogen (secondary N) is 2. The molecule has 2 aromatic rings. The van der Waals surface area contributed by atoms with Gasteiger partial charge in [-0.05, 0) is 30.3 Å². The van der Waals surface area contributed by atoms with Crippen LogP contribution < -0.4 is 15.4 Å². The highest BCUT2D eigenvalue weighted by atomic mass is 16.5. The van der Waals surface area contributed by atoms with Gasteiger partial charge in [-0.25, -0.2) is 0 Å². The van der Waals surface area contributed by atoms with Gasteiger partial charge >= 0.3 is 0 Å². The van der Waals surface area contributed by atoms with E-state index in [9.17, 15) is 14.4 Å². The lowest BCUT2D eigenvalue weighted by atomic mass is 10.1. The van der Waals surface area contributed by atoms with Crippen LogP contribution in [-0.4, -0.2) is 42.8 Å². The molecule has 0 radical (unpaired) electrons. The van der Waals surface area contributed by atoms with Gasteiger partial charge < -0.3 is 20.3 Å². The summed E-state index contributed by atoms with van der Waals surface area (Å²) in [5.74, 6) is -0.0413. The molecular weight excluding hydrogens is 346 g/mol. The number of carbonyl (C=O) groups excluding carboxylic acids is 3. The maximum Gasteiger partial charge on any atom is 0.253 e. The first-order valence-electron chi connectivity index (χ1n) is 8.48. The number of rotatable bonds is 7. The lowest BCUT2D eigenvalue weighted by Crippen LogP contribution is -2.31. The van der Waals surface area contributed by atoms with E-state index in [1.807, 2.05) is 30.3 Å². The molecule has 0 heterocycles. The van der Waals surface area contributed by atoms with Crippen LogP contribution in [0.4, 0.5) is 11.4 Å². The number of benzene rings is 2. The summed E-state index contributed by atoms with van der Waals surface area (Å²) in [5, 5.41) is 5.26. The summed E-state index contributed by atoms with van der Waals surface area (Å²) in [5.41, 5.74) is 1.23. The highest BCUT2D eigenvalue weighted by Crippen LogP contribution is 2.20. The Labute approximate surface area is 158 Å². The molecule has 0 spiro atoms. The lowest BCUT2D eigenvalue weighted by molar-refractivity contribution is -0.115. The van der Waals surface area contributed by atoms with Gasteiger partial charge in [0.1, 0.15) is 12.4 Å². The van der Waals surface area contributed by atoms with Crippen LogP contribution in [0.15, 0.2) is 48.5 Å². The molecule has 0 atom stereocenters. The molecule has 7 heteroatoms. The molecule has 2 rings (SSSR count). The van der Waals surface area contributed by atoms with E-state index >= 15 is 0 Å². The van der Waals surface area contributed by atoms with Crippen molar-refractivity contribution in [1.29, 1.82) is 0 Å². The first-order valence-corrected chi connectivity index (χ1v) is 8.48. The Balaban J connectivity index is 2.07. The van der Waals surface area contributed by atoms with Crippen LogP contribution in [0, 0.1) is 0 Å². The molecule has 0 aromatic heterocycles. The van der Waals surface area contributed by atoms with Crippen LogP contribution >= 0.6 is 0 Å². The predicted octanol–water partition coefficient (Wildman–Crippen LogP) is 2.75. The van der Waals surface area contributed by atoms with E-state index in [2.05, 4.69) is 10.6 Å². The van der Waals surface area contributed by atoms with E-state index < -0.39 is 0 Å². The second-order valence-corrected chi connectivity index (χ2v) is 6.05. The van der Waals surface area contributed by atoms with E-state index in [1.54, 1.807) is 25.2 Å². The minimum Gasteiger partial charge on any atom is -0.492 e. The zero-order chi connectivity index (χ0) is 19.8. The Hall–Kier alpha value is -3.35. The molecule has 0 saturated carbocycles. The van der Waals surface area contributed by atoms with E-state index in [1.165, 1.54) is 18.7 Å². The zero-order valence-electron chi connectivity index (χ0n) is 15.6. The van der Waals surface area contributed by atoms with Crippen LogP contribution in [0.5, 0.6) is 5.75 Å². The molecule has 0 aliphatic rings. The lowest BCUT2D eigenvalue weighted by Gasteiger charge is -2.19. The average molecular weight is 369 g/mol. The monoisotopic (exact) mass is 369 g/mol. The summed E-state index contributed by atoms with van der Waals surface area (Å²) in [6, 6.07) is 14.1. The third-order valence-electron chi connectivity index (χ3n) is 3.61. The number of carbonyl (C=O) groups is 3. The summed E-state index contributed by atoms with van der Waals surface area (Å²) in [7, 11) is 1.67. The molecular formula is C20H23N3O4. The number of anilines is 2. The fourth-order valence-electron chi connectivity index (χ4n) is 2.44. The van der Waals surface area contributed by atoms with Crippen molar-refractivity contribution in [2.75, 3.05) is 30.8 Å². The van der Waals surface area contributed by atoms with Crippen molar-refractivity contribution in [2.24, 2.45) is 0 Å². The number of para-hydroxylation sites is 1. The van der Waals surface area contributed by atoms with Crippen molar-refractivity contribution in [3.8, 4) is 5.75 Å². The van der Waals surface area contributed by atoms with Crippen LogP contribution in [0.25, 0.3) is 0 Å². The Morgan fingerprint density at radius 1 is 0.926 bits per heavy atom. The molecule has 0 aliphatic carbocycles. The molecule has 7 nitrogen and oxygen atoms in total. The smallest absolute Gasteiger partial charge is 0.253 e. The van der Waals surface area contributed by atoms with Crippen molar-refractivity contribution < 1.29 is 19.1 Å². The highest BCUT2D eigenvalue weighted by Gasteiger charge is 2.15. The largest absolute Gasteiger partial charge is 0.492 e. The van der Waals surface area contributed by atoms with Crippen LogP contribution in [0.2, 0.25) is 0 Å². The summed E-state index contributed by atoms with van der Waals surface area (Å²) < 4.78 is 5.61.